The van der Waals surface area contributed by atoms with E-state index in [0.717, 1.165) is 12.3 Å². The molecule has 2 aromatic rings. The van der Waals surface area contributed by atoms with E-state index in [1.807, 2.05) is 0 Å². The van der Waals surface area contributed by atoms with E-state index >= 15 is 0 Å². The molecule has 0 fully saturated rings. The minimum absolute atomic E-state index is 0.0505. The highest BCUT2D eigenvalue weighted by atomic mass is 19.1. The summed E-state index contributed by atoms with van der Waals surface area (Å²) in [6.07, 6.45) is 1.49. The van der Waals surface area contributed by atoms with Gasteiger partial charge in [0.1, 0.15) is 11.6 Å². The molecule has 0 aliphatic carbocycles. The Balaban J connectivity index is 2.41. The third-order valence-corrected chi connectivity index (χ3v) is 2.75. The van der Waals surface area contributed by atoms with Gasteiger partial charge in [-0.25, -0.2) is 18.2 Å². The Bertz CT molecular complexity index is 590. The lowest BCUT2D eigenvalue weighted by Gasteiger charge is -2.24. The molecular formula is C14H14F3N3. The largest absolute Gasteiger partial charge is 0.330 e. The molecule has 2 rings (SSSR count). The summed E-state index contributed by atoms with van der Waals surface area (Å²) in [5, 5.41) is 0. The minimum atomic E-state index is -0.800. The zero-order valence-electron chi connectivity index (χ0n) is 10.7. The number of nitrogens with zero attached hydrogens (tertiary/aromatic N) is 2. The molecule has 0 spiro atoms. The maximum absolute atomic E-state index is 13.8. The normalized spacial score (nSPS) is 10.6. The van der Waals surface area contributed by atoms with Crippen LogP contribution in [0.25, 0.3) is 0 Å². The first kappa shape index (κ1) is 14.3. The molecule has 0 aliphatic rings. The van der Waals surface area contributed by atoms with Crippen LogP contribution in [0.2, 0.25) is 0 Å². The lowest BCUT2D eigenvalue weighted by atomic mass is 10.2. The van der Waals surface area contributed by atoms with Crippen LogP contribution in [0.1, 0.15) is 6.42 Å². The van der Waals surface area contributed by atoms with Crippen molar-refractivity contribution in [3.8, 4) is 0 Å². The van der Waals surface area contributed by atoms with Gasteiger partial charge in [0.15, 0.2) is 11.6 Å². The first-order valence-electron chi connectivity index (χ1n) is 6.16. The van der Waals surface area contributed by atoms with Gasteiger partial charge in [0, 0.05) is 18.3 Å². The first-order chi connectivity index (χ1) is 9.61. The molecule has 6 heteroatoms. The molecule has 0 atom stereocenters. The van der Waals surface area contributed by atoms with Crippen LogP contribution in [-0.2, 0) is 0 Å². The molecule has 3 nitrogen and oxygen atoms in total. The summed E-state index contributed by atoms with van der Waals surface area (Å²) < 4.78 is 40.1. The quantitative estimate of drug-likeness (QED) is 0.916. The molecule has 2 N–H and O–H groups in total. The molecule has 1 heterocycles. The molecule has 0 aliphatic heterocycles. The van der Waals surface area contributed by atoms with Gasteiger partial charge in [0.2, 0.25) is 0 Å². The second kappa shape index (κ2) is 6.38. The average molecular weight is 281 g/mol. The smallest absolute Gasteiger partial charge is 0.169 e. The number of hydrogen-bond acceptors (Lipinski definition) is 3. The highest BCUT2D eigenvalue weighted by Crippen LogP contribution is 2.26. The first-order valence-corrected chi connectivity index (χ1v) is 6.16. The highest BCUT2D eigenvalue weighted by Gasteiger charge is 2.16. The Morgan fingerprint density at radius 2 is 1.90 bits per heavy atom. The number of hydrogen-bond donors (Lipinski definition) is 1. The Kier molecular flexibility index (Phi) is 4.57. The predicted octanol–water partition coefficient (Wildman–Crippen LogP) is 2.99. The van der Waals surface area contributed by atoms with Gasteiger partial charge < -0.3 is 10.6 Å². The fraction of sp³-hybridized carbons (Fsp3) is 0.214. The van der Waals surface area contributed by atoms with Crippen LogP contribution in [0.4, 0.5) is 24.7 Å². The van der Waals surface area contributed by atoms with Crippen molar-refractivity contribution in [2.24, 2.45) is 5.73 Å². The topological polar surface area (TPSA) is 42.1 Å². The Labute approximate surface area is 114 Å². The Morgan fingerprint density at radius 3 is 2.55 bits per heavy atom. The van der Waals surface area contributed by atoms with Crippen molar-refractivity contribution in [3.63, 3.8) is 0 Å². The van der Waals surface area contributed by atoms with Crippen LogP contribution in [0, 0.1) is 17.5 Å². The molecule has 1 aromatic carbocycles. The van der Waals surface area contributed by atoms with Crippen LogP contribution in [0.3, 0.4) is 0 Å². The van der Waals surface area contributed by atoms with Gasteiger partial charge >= 0.3 is 0 Å². The molecule has 106 valence electrons. The summed E-state index contributed by atoms with van der Waals surface area (Å²) in [6, 6.07) is 6.45. The third kappa shape index (κ3) is 3.27. The zero-order valence-corrected chi connectivity index (χ0v) is 10.7. The van der Waals surface area contributed by atoms with Gasteiger partial charge in [-0.1, -0.05) is 6.07 Å². The molecule has 0 saturated heterocycles. The van der Waals surface area contributed by atoms with Crippen LogP contribution in [-0.4, -0.2) is 18.1 Å². The average Bonchev–Trinajstić information content (AvgIpc) is 2.41. The number of benzene rings is 1. The summed E-state index contributed by atoms with van der Waals surface area (Å²) in [5.41, 5.74) is 5.89. The minimum Gasteiger partial charge on any atom is -0.330 e. The zero-order chi connectivity index (χ0) is 14.5. The van der Waals surface area contributed by atoms with Crippen molar-refractivity contribution in [1.82, 2.24) is 4.98 Å². The molecule has 0 bridgehead atoms. The number of aromatic nitrogens is 1. The van der Waals surface area contributed by atoms with Crippen molar-refractivity contribution in [1.29, 1.82) is 0 Å². The van der Waals surface area contributed by atoms with Crippen LogP contribution < -0.4 is 10.6 Å². The van der Waals surface area contributed by atoms with E-state index in [2.05, 4.69) is 4.98 Å². The fourth-order valence-electron chi connectivity index (χ4n) is 1.86. The number of pyridine rings is 1. The molecule has 0 radical (unpaired) electrons. The number of halogens is 3. The van der Waals surface area contributed by atoms with Crippen LogP contribution >= 0.6 is 0 Å². The molecular weight excluding hydrogens is 267 g/mol. The summed E-state index contributed by atoms with van der Waals surface area (Å²) in [4.78, 5) is 5.23. The highest BCUT2D eigenvalue weighted by molar-refractivity contribution is 5.60. The standard InChI is InChI=1S/C14H14F3N3/c15-10-3-1-4-12(7-10)20(6-2-5-18)14-13(17)8-11(16)9-19-14/h1,3-4,7-9H,2,5-6,18H2. The van der Waals surface area contributed by atoms with Crippen LogP contribution in [0.5, 0.6) is 0 Å². The molecule has 0 saturated carbocycles. The van der Waals surface area contributed by atoms with Crippen molar-refractivity contribution >= 4 is 11.5 Å². The Hall–Kier alpha value is -2.08. The molecule has 1 aromatic heterocycles. The lowest BCUT2D eigenvalue weighted by Crippen LogP contribution is -2.23. The number of rotatable bonds is 5. The van der Waals surface area contributed by atoms with Gasteiger partial charge in [0.05, 0.1) is 6.20 Å². The van der Waals surface area contributed by atoms with E-state index in [1.54, 1.807) is 6.07 Å². The van der Waals surface area contributed by atoms with Gasteiger partial charge in [-0.15, -0.1) is 0 Å². The number of anilines is 2. The van der Waals surface area contributed by atoms with E-state index < -0.39 is 17.5 Å². The van der Waals surface area contributed by atoms with E-state index in [0.29, 0.717) is 25.2 Å². The van der Waals surface area contributed by atoms with Gasteiger partial charge in [0.25, 0.3) is 0 Å². The molecule has 0 amide bonds. The summed E-state index contributed by atoms with van der Waals surface area (Å²) in [6.45, 7) is 0.754. The summed E-state index contributed by atoms with van der Waals surface area (Å²) in [7, 11) is 0. The Morgan fingerprint density at radius 1 is 1.10 bits per heavy atom. The monoisotopic (exact) mass is 281 g/mol. The van der Waals surface area contributed by atoms with Gasteiger partial charge in [-0.05, 0) is 31.2 Å². The molecule has 0 unspecified atom stereocenters. The van der Waals surface area contributed by atoms with E-state index in [9.17, 15) is 13.2 Å². The van der Waals surface area contributed by atoms with Crippen molar-refractivity contribution in [3.05, 3.63) is 54.0 Å². The van der Waals surface area contributed by atoms with Crippen LogP contribution in [0.15, 0.2) is 36.5 Å². The maximum atomic E-state index is 13.8. The van der Waals surface area contributed by atoms with E-state index in [4.69, 9.17) is 5.73 Å². The summed E-state index contributed by atoms with van der Waals surface area (Å²) >= 11 is 0. The lowest BCUT2D eigenvalue weighted by molar-refractivity contribution is 0.570. The molecule has 20 heavy (non-hydrogen) atoms. The number of nitrogens with two attached hydrogens (primary N) is 1. The van der Waals surface area contributed by atoms with E-state index in [1.165, 1.54) is 23.1 Å². The van der Waals surface area contributed by atoms with E-state index in [-0.39, 0.29) is 5.82 Å². The fourth-order valence-corrected chi connectivity index (χ4v) is 1.86. The van der Waals surface area contributed by atoms with Crippen molar-refractivity contribution in [2.45, 2.75) is 6.42 Å². The predicted molar refractivity (Wildman–Crippen MR) is 71.2 cm³/mol. The maximum Gasteiger partial charge on any atom is 0.169 e. The van der Waals surface area contributed by atoms with Gasteiger partial charge in [-0.3, -0.25) is 0 Å². The third-order valence-electron chi connectivity index (χ3n) is 2.75. The van der Waals surface area contributed by atoms with Gasteiger partial charge in [-0.2, -0.15) is 0 Å². The summed E-state index contributed by atoms with van der Waals surface area (Å²) in [5.74, 6) is -2.05. The van der Waals surface area contributed by atoms with Crippen molar-refractivity contribution < 1.29 is 13.2 Å². The SMILES string of the molecule is NCCCN(c1cccc(F)c1)c1ncc(F)cc1F. The second-order valence-corrected chi connectivity index (χ2v) is 4.23. The van der Waals surface area contributed by atoms with Crippen molar-refractivity contribution in [2.75, 3.05) is 18.0 Å². The second-order valence-electron chi connectivity index (χ2n) is 4.23.